The van der Waals surface area contributed by atoms with Crippen molar-refractivity contribution in [2.24, 2.45) is 0 Å². The van der Waals surface area contributed by atoms with E-state index < -0.39 is 0 Å². The second-order valence-corrected chi connectivity index (χ2v) is 5.91. The zero-order valence-electron chi connectivity index (χ0n) is 11.2. The van der Waals surface area contributed by atoms with Gasteiger partial charge in [-0.25, -0.2) is 0 Å². The fourth-order valence-electron chi connectivity index (χ4n) is 1.89. The van der Waals surface area contributed by atoms with Gasteiger partial charge >= 0.3 is 0 Å². The SMILES string of the molecule is CO/C(=C(/OC)c1ccc(Br)cc1)c1ccc(Br)cc1. The summed E-state index contributed by atoms with van der Waals surface area (Å²) in [5, 5.41) is 0. The van der Waals surface area contributed by atoms with Gasteiger partial charge in [0.05, 0.1) is 14.2 Å². The molecule has 0 aliphatic rings. The Morgan fingerprint density at radius 3 is 1.20 bits per heavy atom. The molecule has 2 rings (SSSR count). The van der Waals surface area contributed by atoms with Gasteiger partial charge in [-0.05, 0) is 48.5 Å². The van der Waals surface area contributed by atoms with Crippen LogP contribution in [0.5, 0.6) is 0 Å². The lowest BCUT2D eigenvalue weighted by Gasteiger charge is -2.14. The number of benzene rings is 2. The average molecular weight is 398 g/mol. The second kappa shape index (κ2) is 6.95. The van der Waals surface area contributed by atoms with Crippen molar-refractivity contribution in [1.29, 1.82) is 0 Å². The normalized spacial score (nSPS) is 11.8. The highest BCUT2D eigenvalue weighted by Crippen LogP contribution is 2.29. The molecule has 0 heterocycles. The third-order valence-electron chi connectivity index (χ3n) is 2.83. The van der Waals surface area contributed by atoms with E-state index in [1.165, 1.54) is 0 Å². The first kappa shape index (κ1) is 15.1. The number of rotatable bonds is 4. The fraction of sp³-hybridized carbons (Fsp3) is 0.125. The molecule has 0 spiro atoms. The average Bonchev–Trinajstić information content (AvgIpc) is 2.47. The molecule has 20 heavy (non-hydrogen) atoms. The molecule has 0 atom stereocenters. The Hall–Kier alpha value is -1.26. The van der Waals surface area contributed by atoms with Crippen molar-refractivity contribution in [2.75, 3.05) is 14.2 Å². The third kappa shape index (κ3) is 3.44. The summed E-state index contributed by atoms with van der Waals surface area (Å²) in [4.78, 5) is 0. The predicted octanol–water partition coefficient (Wildman–Crippen LogP) is 5.33. The molecule has 2 nitrogen and oxygen atoms in total. The molecule has 0 N–H and O–H groups in total. The monoisotopic (exact) mass is 396 g/mol. The summed E-state index contributed by atoms with van der Waals surface area (Å²) in [5.41, 5.74) is 1.94. The predicted molar refractivity (Wildman–Crippen MR) is 89.1 cm³/mol. The van der Waals surface area contributed by atoms with Gasteiger partial charge in [0.15, 0.2) is 11.5 Å². The first-order valence-electron chi connectivity index (χ1n) is 6.00. The van der Waals surface area contributed by atoms with Gasteiger partial charge in [0.1, 0.15) is 0 Å². The lowest BCUT2D eigenvalue weighted by molar-refractivity contribution is 0.328. The first-order chi connectivity index (χ1) is 9.65. The molecule has 0 aromatic heterocycles. The highest BCUT2D eigenvalue weighted by Gasteiger charge is 2.13. The van der Waals surface area contributed by atoms with Crippen LogP contribution in [0.2, 0.25) is 0 Å². The molecular weight excluding hydrogens is 384 g/mol. The Balaban J connectivity index is 2.52. The number of halogens is 2. The van der Waals surface area contributed by atoms with Crippen LogP contribution in [-0.2, 0) is 9.47 Å². The van der Waals surface area contributed by atoms with Gasteiger partial charge in [-0.2, -0.15) is 0 Å². The van der Waals surface area contributed by atoms with Crippen LogP contribution in [-0.4, -0.2) is 14.2 Å². The fourth-order valence-corrected chi connectivity index (χ4v) is 2.41. The van der Waals surface area contributed by atoms with Crippen molar-refractivity contribution >= 4 is 43.4 Å². The maximum atomic E-state index is 5.54. The van der Waals surface area contributed by atoms with Crippen LogP contribution in [0.25, 0.3) is 11.5 Å². The van der Waals surface area contributed by atoms with Crippen molar-refractivity contribution in [3.05, 3.63) is 68.6 Å². The molecule has 2 aromatic carbocycles. The molecule has 0 fully saturated rings. The van der Waals surface area contributed by atoms with Crippen molar-refractivity contribution in [3.8, 4) is 0 Å². The van der Waals surface area contributed by atoms with E-state index in [0.29, 0.717) is 11.5 Å². The van der Waals surface area contributed by atoms with Gasteiger partial charge in [-0.1, -0.05) is 31.9 Å². The number of hydrogen-bond acceptors (Lipinski definition) is 2. The van der Waals surface area contributed by atoms with Crippen molar-refractivity contribution in [1.82, 2.24) is 0 Å². The van der Waals surface area contributed by atoms with Gasteiger partial charge in [0.25, 0.3) is 0 Å². The molecule has 0 saturated carbocycles. The molecule has 0 bridgehead atoms. The van der Waals surface area contributed by atoms with Crippen LogP contribution in [0.15, 0.2) is 57.5 Å². The summed E-state index contributed by atoms with van der Waals surface area (Å²) in [6.07, 6.45) is 0. The summed E-state index contributed by atoms with van der Waals surface area (Å²) in [6, 6.07) is 15.8. The van der Waals surface area contributed by atoms with Crippen LogP contribution < -0.4 is 0 Å². The number of ether oxygens (including phenoxy) is 2. The highest BCUT2D eigenvalue weighted by atomic mass is 79.9. The zero-order valence-corrected chi connectivity index (χ0v) is 14.4. The Morgan fingerprint density at radius 1 is 0.650 bits per heavy atom. The van der Waals surface area contributed by atoms with Crippen molar-refractivity contribution in [3.63, 3.8) is 0 Å². The van der Waals surface area contributed by atoms with Gasteiger partial charge in [-0.3, -0.25) is 0 Å². The first-order valence-corrected chi connectivity index (χ1v) is 7.58. The maximum absolute atomic E-state index is 5.54. The molecule has 0 saturated heterocycles. The summed E-state index contributed by atoms with van der Waals surface area (Å²) < 4.78 is 13.1. The molecule has 0 aliphatic heterocycles. The van der Waals surface area contributed by atoms with E-state index in [1.54, 1.807) is 14.2 Å². The lowest BCUT2D eigenvalue weighted by Crippen LogP contribution is -1.97. The van der Waals surface area contributed by atoms with E-state index in [1.807, 2.05) is 48.5 Å². The number of hydrogen-bond donors (Lipinski definition) is 0. The van der Waals surface area contributed by atoms with Gasteiger partial charge in [0, 0.05) is 20.1 Å². The van der Waals surface area contributed by atoms with E-state index in [-0.39, 0.29) is 0 Å². The van der Waals surface area contributed by atoms with E-state index in [9.17, 15) is 0 Å². The topological polar surface area (TPSA) is 18.5 Å². The van der Waals surface area contributed by atoms with E-state index in [2.05, 4.69) is 31.9 Å². The Bertz CT molecular complexity index is 546. The Labute approximate surface area is 135 Å². The molecule has 4 heteroatoms. The lowest BCUT2D eigenvalue weighted by atomic mass is 10.1. The smallest absolute Gasteiger partial charge is 0.168 e. The highest BCUT2D eigenvalue weighted by molar-refractivity contribution is 9.10. The van der Waals surface area contributed by atoms with E-state index in [4.69, 9.17) is 9.47 Å². The third-order valence-corrected chi connectivity index (χ3v) is 3.88. The molecule has 0 aliphatic carbocycles. The van der Waals surface area contributed by atoms with E-state index >= 15 is 0 Å². The molecular formula is C16H14Br2O2. The number of methoxy groups -OCH3 is 2. The Morgan fingerprint density at radius 2 is 0.950 bits per heavy atom. The molecule has 0 unspecified atom stereocenters. The van der Waals surface area contributed by atoms with Crippen LogP contribution >= 0.6 is 31.9 Å². The second-order valence-electron chi connectivity index (χ2n) is 4.08. The quantitative estimate of drug-likeness (QED) is 0.512. The van der Waals surface area contributed by atoms with Crippen LogP contribution in [0.3, 0.4) is 0 Å². The van der Waals surface area contributed by atoms with Crippen molar-refractivity contribution in [2.45, 2.75) is 0 Å². The molecule has 0 amide bonds. The summed E-state index contributed by atoms with van der Waals surface area (Å²) >= 11 is 6.86. The minimum absolute atomic E-state index is 0.710. The van der Waals surface area contributed by atoms with Crippen LogP contribution in [0, 0.1) is 0 Å². The standard InChI is InChI=1S/C16H14Br2O2/c1-19-15(11-3-7-13(17)8-4-11)16(20-2)12-5-9-14(18)10-6-12/h3-10H,1-2H3/b16-15+. The van der Waals surface area contributed by atoms with Gasteiger partial charge in [-0.15, -0.1) is 0 Å². The summed E-state index contributed by atoms with van der Waals surface area (Å²) in [7, 11) is 3.30. The Kier molecular flexibility index (Phi) is 5.26. The van der Waals surface area contributed by atoms with Crippen LogP contribution in [0.1, 0.15) is 11.1 Å². The van der Waals surface area contributed by atoms with Gasteiger partial charge < -0.3 is 9.47 Å². The molecule has 0 radical (unpaired) electrons. The van der Waals surface area contributed by atoms with E-state index in [0.717, 1.165) is 20.1 Å². The van der Waals surface area contributed by atoms with Gasteiger partial charge in [0.2, 0.25) is 0 Å². The molecule has 104 valence electrons. The minimum atomic E-state index is 0.710. The van der Waals surface area contributed by atoms with Crippen LogP contribution in [0.4, 0.5) is 0 Å². The summed E-state index contributed by atoms with van der Waals surface area (Å²) in [5.74, 6) is 1.42. The summed E-state index contributed by atoms with van der Waals surface area (Å²) in [6.45, 7) is 0. The minimum Gasteiger partial charge on any atom is -0.492 e. The largest absolute Gasteiger partial charge is 0.492 e. The maximum Gasteiger partial charge on any atom is 0.168 e. The molecule has 2 aromatic rings. The zero-order chi connectivity index (χ0) is 14.5. The van der Waals surface area contributed by atoms with Crippen molar-refractivity contribution < 1.29 is 9.47 Å².